The molecule has 0 bridgehead atoms. The first-order valence-corrected chi connectivity index (χ1v) is 7.59. The van der Waals surface area contributed by atoms with E-state index in [0.717, 1.165) is 37.2 Å². The van der Waals surface area contributed by atoms with Crippen LogP contribution in [0.15, 0.2) is 18.2 Å². The molecule has 3 N–H and O–H groups in total. The zero-order chi connectivity index (χ0) is 15.4. The summed E-state index contributed by atoms with van der Waals surface area (Å²) < 4.78 is 0. The van der Waals surface area contributed by atoms with Gasteiger partial charge in [-0.1, -0.05) is 6.07 Å². The van der Waals surface area contributed by atoms with E-state index in [0.29, 0.717) is 13.1 Å². The number of aryl methyl sites for hydroxylation is 1. The van der Waals surface area contributed by atoms with E-state index in [2.05, 4.69) is 4.90 Å². The maximum Gasteiger partial charge on any atom is 0.241 e. The van der Waals surface area contributed by atoms with E-state index in [1.807, 2.05) is 19.9 Å². The van der Waals surface area contributed by atoms with Gasteiger partial charge in [-0.25, -0.2) is 0 Å². The van der Waals surface area contributed by atoms with Gasteiger partial charge in [0.2, 0.25) is 5.91 Å². The van der Waals surface area contributed by atoms with Gasteiger partial charge in [-0.05, 0) is 38.3 Å². The Bertz CT molecular complexity index is 496. The highest BCUT2D eigenvalue weighted by Gasteiger charge is 2.22. The van der Waals surface area contributed by atoms with Crippen LogP contribution in [0.3, 0.4) is 0 Å². The van der Waals surface area contributed by atoms with Gasteiger partial charge in [-0.3, -0.25) is 9.69 Å². The summed E-state index contributed by atoms with van der Waals surface area (Å²) in [5.41, 5.74) is 7.67. The average Bonchev–Trinajstić information content (AvgIpc) is 2.46. The normalized spacial score (nSPS) is 16.9. The number of aromatic hydroxyl groups is 1. The SMILES string of the molecule is CCN(C(=O)CN1CCC(N)CC1)c1cc(O)ccc1C. The molecule has 1 fully saturated rings. The van der Waals surface area contributed by atoms with Gasteiger partial charge in [0.15, 0.2) is 0 Å². The molecule has 0 unspecified atom stereocenters. The van der Waals surface area contributed by atoms with Gasteiger partial charge in [0.25, 0.3) is 0 Å². The molecular formula is C16H25N3O2. The molecule has 0 saturated carbocycles. The van der Waals surface area contributed by atoms with Crippen molar-refractivity contribution in [2.75, 3.05) is 31.1 Å². The van der Waals surface area contributed by atoms with E-state index < -0.39 is 0 Å². The quantitative estimate of drug-likeness (QED) is 0.881. The monoisotopic (exact) mass is 291 g/mol. The first kappa shape index (κ1) is 15.8. The third-order valence-corrected chi connectivity index (χ3v) is 4.09. The number of amides is 1. The number of benzene rings is 1. The van der Waals surface area contributed by atoms with Gasteiger partial charge in [0.1, 0.15) is 5.75 Å². The van der Waals surface area contributed by atoms with E-state index in [1.54, 1.807) is 17.0 Å². The summed E-state index contributed by atoms with van der Waals surface area (Å²) in [6, 6.07) is 5.40. The summed E-state index contributed by atoms with van der Waals surface area (Å²) in [5.74, 6) is 0.257. The summed E-state index contributed by atoms with van der Waals surface area (Å²) in [6.07, 6.45) is 1.90. The Balaban J connectivity index is 2.06. The van der Waals surface area contributed by atoms with E-state index in [9.17, 15) is 9.90 Å². The van der Waals surface area contributed by atoms with Crippen molar-refractivity contribution in [3.05, 3.63) is 23.8 Å². The molecule has 1 heterocycles. The fourth-order valence-electron chi connectivity index (χ4n) is 2.76. The van der Waals surface area contributed by atoms with Crippen LogP contribution in [-0.2, 0) is 4.79 Å². The van der Waals surface area contributed by atoms with Gasteiger partial charge in [-0.2, -0.15) is 0 Å². The van der Waals surface area contributed by atoms with E-state index >= 15 is 0 Å². The van der Waals surface area contributed by atoms with Crippen LogP contribution in [0.25, 0.3) is 0 Å². The van der Waals surface area contributed by atoms with Crippen molar-refractivity contribution in [2.24, 2.45) is 5.73 Å². The number of phenols is 1. The lowest BCUT2D eigenvalue weighted by molar-refractivity contribution is -0.120. The fourth-order valence-corrected chi connectivity index (χ4v) is 2.76. The van der Waals surface area contributed by atoms with Crippen LogP contribution in [0.4, 0.5) is 5.69 Å². The predicted octanol–water partition coefficient (Wildman–Crippen LogP) is 1.48. The van der Waals surface area contributed by atoms with Crippen LogP contribution >= 0.6 is 0 Å². The summed E-state index contributed by atoms with van der Waals surface area (Å²) >= 11 is 0. The Kier molecular flexibility index (Phi) is 5.20. The van der Waals surface area contributed by atoms with Crippen molar-refractivity contribution >= 4 is 11.6 Å². The predicted molar refractivity (Wildman–Crippen MR) is 84.5 cm³/mol. The second-order valence-electron chi connectivity index (χ2n) is 5.72. The number of anilines is 1. The zero-order valence-electron chi connectivity index (χ0n) is 12.9. The Morgan fingerprint density at radius 1 is 1.43 bits per heavy atom. The molecule has 0 aromatic heterocycles. The zero-order valence-corrected chi connectivity index (χ0v) is 12.9. The molecule has 5 nitrogen and oxygen atoms in total. The number of hydrogen-bond acceptors (Lipinski definition) is 4. The highest BCUT2D eigenvalue weighted by Crippen LogP contribution is 2.25. The number of carbonyl (C=O) groups excluding carboxylic acids is 1. The molecule has 1 amide bonds. The largest absolute Gasteiger partial charge is 0.508 e. The molecule has 1 aromatic rings. The van der Waals surface area contributed by atoms with Crippen LogP contribution in [0.2, 0.25) is 0 Å². The number of likely N-dealkylation sites (tertiary alicyclic amines) is 1. The fraction of sp³-hybridized carbons (Fsp3) is 0.562. The van der Waals surface area contributed by atoms with Crippen LogP contribution in [0, 0.1) is 6.92 Å². The molecule has 2 rings (SSSR count). The number of piperidine rings is 1. The standard InChI is InChI=1S/C16H25N3O2/c1-3-19(15-10-14(20)5-4-12(15)2)16(21)11-18-8-6-13(17)7-9-18/h4-5,10,13,20H,3,6-9,11,17H2,1-2H3. The second-order valence-corrected chi connectivity index (χ2v) is 5.72. The second kappa shape index (κ2) is 6.91. The Labute approximate surface area is 126 Å². The molecule has 0 aliphatic carbocycles. The summed E-state index contributed by atoms with van der Waals surface area (Å²) in [7, 11) is 0. The molecule has 1 aliphatic heterocycles. The molecule has 1 aliphatic rings. The number of carbonyl (C=O) groups is 1. The van der Waals surface area contributed by atoms with Crippen molar-refractivity contribution in [3.8, 4) is 5.75 Å². The summed E-state index contributed by atoms with van der Waals surface area (Å²) in [4.78, 5) is 16.5. The lowest BCUT2D eigenvalue weighted by atomic mass is 10.1. The van der Waals surface area contributed by atoms with Gasteiger partial charge in [0, 0.05) is 31.7 Å². The highest BCUT2D eigenvalue weighted by molar-refractivity contribution is 5.95. The first-order valence-electron chi connectivity index (χ1n) is 7.59. The van der Waals surface area contributed by atoms with Gasteiger partial charge in [0.05, 0.1) is 12.2 Å². The smallest absolute Gasteiger partial charge is 0.241 e. The number of likely N-dealkylation sites (N-methyl/N-ethyl adjacent to an activating group) is 1. The maximum absolute atomic E-state index is 12.6. The minimum atomic E-state index is 0.0710. The molecule has 0 radical (unpaired) electrons. The van der Waals surface area contributed by atoms with E-state index in [4.69, 9.17) is 5.73 Å². The number of hydrogen-bond donors (Lipinski definition) is 2. The van der Waals surface area contributed by atoms with Crippen molar-refractivity contribution in [3.63, 3.8) is 0 Å². The molecule has 116 valence electrons. The van der Waals surface area contributed by atoms with Crippen molar-refractivity contribution in [1.82, 2.24) is 4.90 Å². The number of phenolic OH excluding ortho intramolecular Hbond substituents is 1. The third kappa shape index (κ3) is 3.95. The van der Waals surface area contributed by atoms with Gasteiger partial charge < -0.3 is 15.7 Å². The minimum absolute atomic E-state index is 0.0710. The van der Waals surface area contributed by atoms with Crippen molar-refractivity contribution < 1.29 is 9.90 Å². The molecule has 1 aromatic carbocycles. The molecule has 5 heteroatoms. The maximum atomic E-state index is 12.6. The number of rotatable bonds is 4. The van der Waals surface area contributed by atoms with E-state index in [-0.39, 0.29) is 17.7 Å². The summed E-state index contributed by atoms with van der Waals surface area (Å²) in [5, 5.41) is 9.65. The topological polar surface area (TPSA) is 69.8 Å². The van der Waals surface area contributed by atoms with Gasteiger partial charge >= 0.3 is 0 Å². The Hall–Kier alpha value is -1.59. The lowest BCUT2D eigenvalue weighted by Gasteiger charge is -2.32. The van der Waals surface area contributed by atoms with Crippen LogP contribution in [-0.4, -0.2) is 48.1 Å². The minimum Gasteiger partial charge on any atom is -0.508 e. The number of nitrogens with two attached hydrogens (primary N) is 1. The molecule has 1 saturated heterocycles. The average molecular weight is 291 g/mol. The van der Waals surface area contributed by atoms with Crippen molar-refractivity contribution in [1.29, 1.82) is 0 Å². The van der Waals surface area contributed by atoms with Crippen LogP contribution in [0.1, 0.15) is 25.3 Å². The third-order valence-electron chi connectivity index (χ3n) is 4.09. The van der Waals surface area contributed by atoms with Crippen LogP contribution in [0.5, 0.6) is 5.75 Å². The van der Waals surface area contributed by atoms with Gasteiger partial charge in [-0.15, -0.1) is 0 Å². The molecular weight excluding hydrogens is 266 g/mol. The van der Waals surface area contributed by atoms with Crippen LogP contribution < -0.4 is 10.6 Å². The number of nitrogens with zero attached hydrogens (tertiary/aromatic N) is 2. The molecule has 0 atom stereocenters. The Morgan fingerprint density at radius 3 is 2.71 bits per heavy atom. The molecule has 0 spiro atoms. The summed E-state index contributed by atoms with van der Waals surface area (Å²) in [6.45, 7) is 6.66. The first-order chi connectivity index (χ1) is 10.0. The lowest BCUT2D eigenvalue weighted by Crippen LogP contribution is -2.46. The van der Waals surface area contributed by atoms with Crippen molar-refractivity contribution in [2.45, 2.75) is 32.7 Å². The highest BCUT2D eigenvalue weighted by atomic mass is 16.3. The molecule has 21 heavy (non-hydrogen) atoms. The van der Waals surface area contributed by atoms with E-state index in [1.165, 1.54) is 0 Å². The Morgan fingerprint density at radius 2 is 2.10 bits per heavy atom.